The Kier molecular flexibility index (Phi) is 2.68. The van der Waals surface area contributed by atoms with Gasteiger partial charge in [-0.25, -0.2) is 4.98 Å². The molecule has 0 radical (unpaired) electrons. The molecule has 0 saturated heterocycles. The van der Waals surface area contributed by atoms with Crippen LogP contribution in [0.15, 0.2) is 29.2 Å². The molecular formula is C11H12N2OS. The third-order valence-electron chi connectivity index (χ3n) is 2.30. The highest BCUT2D eigenvalue weighted by Crippen LogP contribution is 2.19. The van der Waals surface area contributed by atoms with Gasteiger partial charge in [-0.05, 0) is 24.3 Å². The van der Waals surface area contributed by atoms with Gasteiger partial charge in [0.15, 0.2) is 0 Å². The fraction of sp³-hybridized carbons (Fsp3) is 0.273. The van der Waals surface area contributed by atoms with Gasteiger partial charge in [0.25, 0.3) is 5.56 Å². The van der Waals surface area contributed by atoms with Gasteiger partial charge in [0.05, 0.1) is 11.8 Å². The Morgan fingerprint density at radius 2 is 2.47 bits per heavy atom. The molecule has 2 rings (SSSR count). The lowest BCUT2D eigenvalue weighted by atomic mass is 10.3. The molecule has 2 heterocycles. The number of hydrogen-bond donors (Lipinski definition) is 0. The molecule has 0 N–H and O–H groups in total. The summed E-state index contributed by atoms with van der Waals surface area (Å²) >= 11 is 1.47. The van der Waals surface area contributed by atoms with Crippen molar-refractivity contribution in [2.75, 3.05) is 0 Å². The number of nitrogens with zero attached hydrogens (tertiary/aromatic N) is 2. The predicted octanol–water partition coefficient (Wildman–Crippen LogP) is 2.34. The van der Waals surface area contributed by atoms with Crippen molar-refractivity contribution in [2.24, 2.45) is 0 Å². The summed E-state index contributed by atoms with van der Waals surface area (Å²) in [7, 11) is 0. The number of fused-ring (bicyclic) bond motifs is 1. The zero-order valence-corrected chi connectivity index (χ0v) is 9.38. The Balaban J connectivity index is 2.55. The molecule has 0 atom stereocenters. The summed E-state index contributed by atoms with van der Waals surface area (Å²) in [5.41, 5.74) is 1.96. The van der Waals surface area contributed by atoms with Gasteiger partial charge in [-0.15, -0.1) is 17.9 Å². The topological polar surface area (TPSA) is 34.9 Å². The van der Waals surface area contributed by atoms with Gasteiger partial charge in [0, 0.05) is 6.54 Å². The molecule has 0 aliphatic rings. The monoisotopic (exact) mass is 220 g/mol. The summed E-state index contributed by atoms with van der Waals surface area (Å²) in [5.74, 6) is 0. The van der Waals surface area contributed by atoms with Gasteiger partial charge in [-0.2, -0.15) is 0 Å². The lowest BCUT2D eigenvalue weighted by Crippen LogP contribution is -2.19. The van der Waals surface area contributed by atoms with Gasteiger partial charge in [-0.1, -0.05) is 6.08 Å². The van der Waals surface area contributed by atoms with Gasteiger partial charge >= 0.3 is 0 Å². The number of hydrogen-bond acceptors (Lipinski definition) is 3. The number of allylic oxidation sites excluding steroid dienone is 1. The molecule has 0 unspecified atom stereocenters. The average molecular weight is 220 g/mol. The maximum Gasteiger partial charge on any atom is 0.271 e. The van der Waals surface area contributed by atoms with Gasteiger partial charge in [-0.3, -0.25) is 9.36 Å². The van der Waals surface area contributed by atoms with Crippen LogP contribution in [0.5, 0.6) is 0 Å². The number of rotatable bonds is 3. The van der Waals surface area contributed by atoms with Crippen molar-refractivity contribution in [1.29, 1.82) is 0 Å². The van der Waals surface area contributed by atoms with Crippen LogP contribution in [-0.4, -0.2) is 9.55 Å². The van der Waals surface area contributed by atoms with Crippen molar-refractivity contribution in [3.63, 3.8) is 0 Å². The molecule has 0 aliphatic heterocycles. The first kappa shape index (κ1) is 10.1. The van der Waals surface area contributed by atoms with Crippen LogP contribution in [0, 0.1) is 6.92 Å². The minimum atomic E-state index is 0.0555. The highest BCUT2D eigenvalue weighted by Gasteiger charge is 2.07. The molecule has 78 valence electrons. The van der Waals surface area contributed by atoms with Crippen molar-refractivity contribution in [1.82, 2.24) is 9.55 Å². The summed E-state index contributed by atoms with van der Waals surface area (Å²) < 4.78 is 2.39. The second-order valence-electron chi connectivity index (χ2n) is 3.42. The molecular weight excluding hydrogens is 208 g/mol. The van der Waals surface area contributed by atoms with Crippen LogP contribution >= 0.6 is 11.3 Å². The maximum atomic E-state index is 11.9. The van der Waals surface area contributed by atoms with E-state index in [1.54, 1.807) is 17.0 Å². The Hall–Kier alpha value is -1.42. The van der Waals surface area contributed by atoms with E-state index in [2.05, 4.69) is 11.6 Å². The molecule has 4 heteroatoms. The van der Waals surface area contributed by atoms with Crippen LogP contribution in [0.1, 0.15) is 12.0 Å². The van der Waals surface area contributed by atoms with Crippen LogP contribution in [-0.2, 0) is 6.54 Å². The van der Waals surface area contributed by atoms with E-state index in [9.17, 15) is 4.79 Å². The van der Waals surface area contributed by atoms with E-state index in [1.807, 2.05) is 12.3 Å². The molecule has 0 aromatic carbocycles. The van der Waals surface area contributed by atoms with Gasteiger partial charge in [0.2, 0.25) is 0 Å². The third-order valence-corrected chi connectivity index (χ3v) is 3.37. The van der Waals surface area contributed by atoms with Gasteiger partial charge < -0.3 is 0 Å². The average Bonchev–Trinajstić information content (AvgIpc) is 2.61. The molecule has 0 saturated carbocycles. The van der Waals surface area contributed by atoms with E-state index >= 15 is 0 Å². The molecule has 3 nitrogen and oxygen atoms in total. The number of aromatic nitrogens is 2. The fourth-order valence-electron chi connectivity index (χ4n) is 1.45. The van der Waals surface area contributed by atoms with E-state index in [1.165, 1.54) is 11.3 Å². The standard InChI is InChI=1S/C11H12N2OS/c1-3-4-5-13-7-12-9-8(2)6-15-10(9)11(13)14/h3,6-7H,1,4-5H2,2H3. The quantitative estimate of drug-likeness (QED) is 0.744. The summed E-state index contributed by atoms with van der Waals surface area (Å²) in [6.45, 7) is 6.27. The Bertz CT molecular complexity index is 553. The predicted molar refractivity (Wildman–Crippen MR) is 63.4 cm³/mol. The van der Waals surface area contributed by atoms with Crippen molar-refractivity contribution in [2.45, 2.75) is 19.9 Å². The first-order chi connectivity index (χ1) is 7.24. The zero-order valence-electron chi connectivity index (χ0n) is 8.56. The molecule has 2 aromatic rings. The van der Waals surface area contributed by atoms with E-state index < -0.39 is 0 Å². The minimum Gasteiger partial charge on any atom is -0.298 e. The van der Waals surface area contributed by atoms with E-state index in [0.29, 0.717) is 6.54 Å². The third kappa shape index (κ3) is 1.72. The van der Waals surface area contributed by atoms with Crippen molar-refractivity contribution >= 4 is 21.6 Å². The summed E-state index contributed by atoms with van der Waals surface area (Å²) in [6, 6.07) is 0. The SMILES string of the molecule is C=CCCn1cnc2c(C)csc2c1=O. The largest absolute Gasteiger partial charge is 0.298 e. The Morgan fingerprint density at radius 1 is 1.67 bits per heavy atom. The smallest absolute Gasteiger partial charge is 0.271 e. The molecule has 2 aromatic heterocycles. The maximum absolute atomic E-state index is 11.9. The highest BCUT2D eigenvalue weighted by molar-refractivity contribution is 7.17. The lowest BCUT2D eigenvalue weighted by Gasteiger charge is -2.02. The second-order valence-corrected chi connectivity index (χ2v) is 4.30. The first-order valence-electron chi connectivity index (χ1n) is 4.78. The molecule has 0 bridgehead atoms. The molecule has 0 aliphatic carbocycles. The van der Waals surface area contributed by atoms with Crippen LogP contribution < -0.4 is 5.56 Å². The van der Waals surface area contributed by atoms with Crippen molar-refractivity contribution < 1.29 is 0 Å². The van der Waals surface area contributed by atoms with Crippen molar-refractivity contribution in [3.05, 3.63) is 40.3 Å². The fourth-order valence-corrected chi connectivity index (χ4v) is 2.40. The molecule has 0 spiro atoms. The van der Waals surface area contributed by atoms with Crippen molar-refractivity contribution in [3.8, 4) is 0 Å². The van der Waals surface area contributed by atoms with E-state index in [0.717, 1.165) is 22.2 Å². The molecule has 15 heavy (non-hydrogen) atoms. The number of aryl methyl sites for hydroxylation is 2. The summed E-state index contributed by atoms with van der Waals surface area (Å²) in [4.78, 5) is 16.2. The lowest BCUT2D eigenvalue weighted by molar-refractivity contribution is 0.675. The normalized spacial score (nSPS) is 10.7. The Morgan fingerprint density at radius 3 is 3.20 bits per heavy atom. The summed E-state index contributed by atoms with van der Waals surface area (Å²) in [6.07, 6.45) is 4.21. The molecule has 0 fully saturated rings. The van der Waals surface area contributed by atoms with Crippen LogP contribution in [0.25, 0.3) is 10.2 Å². The minimum absolute atomic E-state index is 0.0555. The zero-order chi connectivity index (χ0) is 10.8. The van der Waals surface area contributed by atoms with E-state index in [4.69, 9.17) is 0 Å². The molecule has 0 amide bonds. The Labute approximate surface area is 91.7 Å². The van der Waals surface area contributed by atoms with Gasteiger partial charge in [0.1, 0.15) is 4.70 Å². The summed E-state index contributed by atoms with van der Waals surface area (Å²) in [5, 5.41) is 1.97. The first-order valence-corrected chi connectivity index (χ1v) is 5.66. The number of thiophene rings is 1. The van der Waals surface area contributed by atoms with Crippen LogP contribution in [0.4, 0.5) is 0 Å². The van der Waals surface area contributed by atoms with Crippen LogP contribution in [0.2, 0.25) is 0 Å². The van der Waals surface area contributed by atoms with E-state index in [-0.39, 0.29) is 5.56 Å². The second kappa shape index (κ2) is 3.98. The van der Waals surface area contributed by atoms with Crippen LogP contribution in [0.3, 0.4) is 0 Å². The highest BCUT2D eigenvalue weighted by atomic mass is 32.1.